The number of carbonyl (C=O) groups excluding carboxylic acids is 1. The summed E-state index contributed by atoms with van der Waals surface area (Å²) in [4.78, 5) is 25.6. The van der Waals surface area contributed by atoms with Crippen LogP contribution in [-0.4, -0.2) is 52.6 Å². The van der Waals surface area contributed by atoms with Crippen LogP contribution >= 0.6 is 11.8 Å². The van der Waals surface area contributed by atoms with E-state index in [1.807, 2.05) is 11.8 Å². The second-order valence-corrected chi connectivity index (χ2v) is 7.83. The molecule has 2 amide bonds. The maximum Gasteiger partial charge on any atom is 0.317 e. The average Bonchev–Trinajstić information content (AvgIpc) is 2.48. The Morgan fingerprint density at radius 1 is 1.29 bits per heavy atom. The Morgan fingerprint density at radius 2 is 2.05 bits per heavy atom. The number of carbonyl (C=O) groups is 2. The molecule has 2 aliphatic heterocycles. The average molecular weight is 314 g/mol. The minimum atomic E-state index is -0.779. The van der Waals surface area contributed by atoms with Gasteiger partial charge in [0.2, 0.25) is 0 Å². The van der Waals surface area contributed by atoms with Crippen LogP contribution in [0.15, 0.2) is 0 Å². The molecule has 2 atom stereocenters. The van der Waals surface area contributed by atoms with Crippen LogP contribution in [0.2, 0.25) is 0 Å². The van der Waals surface area contributed by atoms with Gasteiger partial charge in [-0.15, -0.1) is 0 Å². The molecular formula is C15H26N2O3S. The number of nitrogens with one attached hydrogen (secondary N) is 1. The van der Waals surface area contributed by atoms with E-state index in [1.54, 1.807) is 18.7 Å². The van der Waals surface area contributed by atoms with Crippen LogP contribution in [-0.2, 0) is 4.79 Å². The number of piperidine rings is 1. The zero-order valence-corrected chi connectivity index (χ0v) is 13.7. The Bertz CT molecular complexity index is 394. The minimum Gasteiger partial charge on any atom is -0.481 e. The molecule has 2 N–H and O–H groups in total. The van der Waals surface area contributed by atoms with Crippen LogP contribution in [0.5, 0.6) is 0 Å². The van der Waals surface area contributed by atoms with Crippen molar-refractivity contribution in [2.24, 2.45) is 11.3 Å². The number of urea groups is 1. The lowest BCUT2D eigenvalue weighted by atomic mass is 9.74. The number of rotatable bonds is 3. The van der Waals surface area contributed by atoms with Gasteiger partial charge in [0.15, 0.2) is 0 Å². The lowest BCUT2D eigenvalue weighted by Crippen LogP contribution is -2.52. The number of aliphatic carboxylic acids is 1. The zero-order chi connectivity index (χ0) is 15.5. The third-order valence-electron chi connectivity index (χ3n) is 4.77. The highest BCUT2D eigenvalue weighted by molar-refractivity contribution is 7.99. The predicted octanol–water partition coefficient (Wildman–Crippen LogP) is 2.41. The van der Waals surface area contributed by atoms with E-state index in [-0.39, 0.29) is 18.0 Å². The molecular weight excluding hydrogens is 288 g/mol. The second-order valence-electron chi connectivity index (χ2n) is 6.68. The van der Waals surface area contributed by atoms with Crippen LogP contribution in [0.1, 0.15) is 39.5 Å². The molecule has 0 spiro atoms. The van der Waals surface area contributed by atoms with Crippen molar-refractivity contribution in [1.82, 2.24) is 10.2 Å². The Morgan fingerprint density at radius 3 is 2.67 bits per heavy atom. The minimum absolute atomic E-state index is 0.0200. The van der Waals surface area contributed by atoms with Crippen molar-refractivity contribution in [3.05, 3.63) is 0 Å². The molecule has 2 saturated heterocycles. The number of likely N-dealkylation sites (tertiary alicyclic amines) is 1. The van der Waals surface area contributed by atoms with Crippen molar-refractivity contribution >= 4 is 23.8 Å². The summed E-state index contributed by atoms with van der Waals surface area (Å²) in [7, 11) is 0. The predicted molar refractivity (Wildman–Crippen MR) is 84.6 cm³/mol. The number of carboxylic acids is 1. The number of carboxylic acid groups (broad SMARTS) is 1. The highest BCUT2D eigenvalue weighted by atomic mass is 32.2. The van der Waals surface area contributed by atoms with Crippen LogP contribution in [0, 0.1) is 11.3 Å². The van der Waals surface area contributed by atoms with Gasteiger partial charge in [0.25, 0.3) is 0 Å². The van der Waals surface area contributed by atoms with Crippen LogP contribution < -0.4 is 5.32 Å². The third-order valence-corrected chi connectivity index (χ3v) is 5.98. The summed E-state index contributed by atoms with van der Waals surface area (Å²) < 4.78 is 0. The van der Waals surface area contributed by atoms with E-state index in [0.29, 0.717) is 6.54 Å². The molecule has 5 nitrogen and oxygen atoms in total. The monoisotopic (exact) mass is 314 g/mol. The Hall–Kier alpha value is -0.910. The summed E-state index contributed by atoms with van der Waals surface area (Å²) in [5, 5.41) is 12.5. The Labute approximate surface area is 130 Å². The van der Waals surface area contributed by atoms with Gasteiger partial charge >= 0.3 is 12.0 Å². The molecule has 2 aliphatic rings. The quantitative estimate of drug-likeness (QED) is 0.839. The van der Waals surface area contributed by atoms with Crippen molar-refractivity contribution in [3.63, 3.8) is 0 Å². The number of amides is 2. The van der Waals surface area contributed by atoms with Crippen LogP contribution in [0.3, 0.4) is 0 Å². The molecule has 0 aliphatic carbocycles. The SMILES string of the molecule is CC(C)(C(=O)O)C1CCCN(C(=O)NC2CCCSC2)C1. The maximum absolute atomic E-state index is 12.4. The van der Waals surface area contributed by atoms with E-state index in [1.165, 1.54) is 5.75 Å². The van der Waals surface area contributed by atoms with E-state index >= 15 is 0 Å². The fourth-order valence-corrected chi connectivity index (χ4v) is 4.12. The number of nitrogens with zero attached hydrogens (tertiary/aromatic N) is 1. The lowest BCUT2D eigenvalue weighted by Gasteiger charge is -2.39. The summed E-state index contributed by atoms with van der Waals surface area (Å²) in [5.74, 6) is 1.42. The van der Waals surface area contributed by atoms with Crippen molar-refractivity contribution in [2.75, 3.05) is 24.6 Å². The topological polar surface area (TPSA) is 69.6 Å². The highest BCUT2D eigenvalue weighted by Crippen LogP contribution is 2.34. The van der Waals surface area contributed by atoms with Crippen molar-refractivity contribution < 1.29 is 14.7 Å². The summed E-state index contributed by atoms with van der Waals surface area (Å²) in [6.45, 7) is 4.81. The first-order valence-corrected chi connectivity index (χ1v) is 8.93. The standard InChI is InChI=1S/C15H26N2O3S/c1-15(2,13(18)19)11-5-3-7-17(9-11)14(20)16-12-6-4-8-21-10-12/h11-12H,3-10H2,1-2H3,(H,16,20)(H,18,19). The van der Waals surface area contributed by atoms with E-state index in [4.69, 9.17) is 0 Å². The van der Waals surface area contributed by atoms with Gasteiger partial charge in [-0.05, 0) is 51.2 Å². The fourth-order valence-electron chi connectivity index (χ4n) is 3.05. The van der Waals surface area contributed by atoms with Gasteiger partial charge in [0, 0.05) is 24.9 Å². The molecule has 120 valence electrons. The second kappa shape index (κ2) is 6.90. The molecule has 2 unspecified atom stereocenters. The molecule has 6 heteroatoms. The van der Waals surface area contributed by atoms with Gasteiger partial charge in [-0.3, -0.25) is 4.79 Å². The first-order chi connectivity index (χ1) is 9.91. The van der Waals surface area contributed by atoms with Crippen LogP contribution in [0.4, 0.5) is 4.79 Å². The Kier molecular flexibility index (Phi) is 5.41. The summed E-state index contributed by atoms with van der Waals surface area (Å²) in [5.41, 5.74) is -0.778. The molecule has 2 fully saturated rings. The van der Waals surface area contributed by atoms with Crippen molar-refractivity contribution in [3.8, 4) is 0 Å². The largest absolute Gasteiger partial charge is 0.481 e. The zero-order valence-electron chi connectivity index (χ0n) is 12.9. The molecule has 0 aromatic rings. The summed E-state index contributed by atoms with van der Waals surface area (Å²) in [6, 6.07) is 0.248. The van der Waals surface area contributed by atoms with E-state index in [2.05, 4.69) is 5.32 Å². The molecule has 2 rings (SSSR count). The molecule has 0 bridgehead atoms. The van der Waals surface area contributed by atoms with Gasteiger partial charge in [0.05, 0.1) is 5.41 Å². The van der Waals surface area contributed by atoms with Gasteiger partial charge in [-0.25, -0.2) is 4.79 Å². The normalized spacial score (nSPS) is 27.2. The molecule has 0 saturated carbocycles. The van der Waals surface area contributed by atoms with Gasteiger partial charge < -0.3 is 15.3 Å². The van der Waals surface area contributed by atoms with E-state index in [9.17, 15) is 14.7 Å². The number of hydrogen-bond donors (Lipinski definition) is 2. The maximum atomic E-state index is 12.4. The lowest BCUT2D eigenvalue weighted by molar-refractivity contribution is -0.151. The first-order valence-electron chi connectivity index (χ1n) is 7.78. The molecule has 0 aromatic heterocycles. The summed E-state index contributed by atoms with van der Waals surface area (Å²) >= 11 is 1.89. The number of hydrogen-bond acceptors (Lipinski definition) is 3. The van der Waals surface area contributed by atoms with E-state index < -0.39 is 11.4 Å². The smallest absolute Gasteiger partial charge is 0.317 e. The summed E-state index contributed by atoms with van der Waals surface area (Å²) in [6.07, 6.45) is 3.97. The molecule has 0 aromatic carbocycles. The van der Waals surface area contributed by atoms with E-state index in [0.717, 1.165) is 38.0 Å². The van der Waals surface area contributed by atoms with Crippen LogP contribution in [0.25, 0.3) is 0 Å². The third kappa shape index (κ3) is 4.05. The van der Waals surface area contributed by atoms with Crippen molar-refractivity contribution in [2.45, 2.75) is 45.6 Å². The molecule has 21 heavy (non-hydrogen) atoms. The first kappa shape index (κ1) is 16.5. The van der Waals surface area contributed by atoms with Crippen molar-refractivity contribution in [1.29, 1.82) is 0 Å². The molecule has 2 heterocycles. The fraction of sp³-hybridized carbons (Fsp3) is 0.867. The van der Waals surface area contributed by atoms with Gasteiger partial charge in [-0.2, -0.15) is 11.8 Å². The Balaban J connectivity index is 1.90. The van der Waals surface area contributed by atoms with Gasteiger partial charge in [-0.1, -0.05) is 0 Å². The number of thioether (sulfide) groups is 1. The van der Waals surface area contributed by atoms with Gasteiger partial charge in [0.1, 0.15) is 0 Å². The highest BCUT2D eigenvalue weighted by Gasteiger charge is 2.40. The molecule has 0 radical (unpaired) electrons.